The van der Waals surface area contributed by atoms with E-state index in [0.29, 0.717) is 37.1 Å². The highest BCUT2D eigenvalue weighted by atomic mass is 19.2. The fourth-order valence-electron chi connectivity index (χ4n) is 3.83. The molecule has 1 saturated heterocycles. The van der Waals surface area contributed by atoms with Crippen molar-refractivity contribution in [3.8, 4) is 0 Å². The smallest absolute Gasteiger partial charge is 0.217 e. The highest BCUT2D eigenvalue weighted by molar-refractivity contribution is 5.74. The predicted octanol–water partition coefficient (Wildman–Crippen LogP) is 3.26. The van der Waals surface area contributed by atoms with Crippen molar-refractivity contribution in [2.75, 3.05) is 19.6 Å². The van der Waals surface area contributed by atoms with Gasteiger partial charge < -0.3 is 15.3 Å². The number of aliphatic hydroxyl groups excluding tert-OH is 1. The normalized spacial score (nSPS) is 17.9. The first-order chi connectivity index (χ1) is 13.3. The quantitative estimate of drug-likeness (QED) is 0.821. The summed E-state index contributed by atoms with van der Waals surface area (Å²) in [6, 6.07) is 9.73. The molecule has 7 heteroatoms. The minimum absolute atomic E-state index is 0.235. The minimum atomic E-state index is -1.00. The monoisotopic (exact) mass is 392 g/mol. The van der Waals surface area contributed by atoms with Gasteiger partial charge in [0.15, 0.2) is 11.6 Å². The lowest BCUT2D eigenvalue weighted by Crippen LogP contribution is -2.53. The molecule has 0 bridgehead atoms. The SMILES string of the molecule is CC(=O)NC1(c2ccccc2F)CCN(C[C@H](O)c2ccc(F)c(F)c2)CC1. The van der Waals surface area contributed by atoms with Crippen LogP contribution in [0.2, 0.25) is 0 Å². The van der Waals surface area contributed by atoms with Crippen LogP contribution in [0.3, 0.4) is 0 Å². The molecule has 0 aliphatic carbocycles. The molecule has 2 aromatic rings. The lowest BCUT2D eigenvalue weighted by molar-refractivity contribution is -0.121. The van der Waals surface area contributed by atoms with Gasteiger partial charge in [-0.15, -0.1) is 0 Å². The fourth-order valence-corrected chi connectivity index (χ4v) is 3.83. The Balaban J connectivity index is 1.71. The predicted molar refractivity (Wildman–Crippen MR) is 98.9 cm³/mol. The van der Waals surface area contributed by atoms with E-state index in [1.807, 2.05) is 4.90 Å². The zero-order valence-electron chi connectivity index (χ0n) is 15.6. The van der Waals surface area contributed by atoms with Gasteiger partial charge in [0.1, 0.15) is 5.82 Å². The minimum Gasteiger partial charge on any atom is -0.387 e. The van der Waals surface area contributed by atoms with E-state index in [0.717, 1.165) is 12.1 Å². The first kappa shape index (κ1) is 20.4. The molecule has 0 radical (unpaired) electrons. The molecular formula is C21H23F3N2O2. The molecule has 1 aliphatic rings. The standard InChI is InChI=1S/C21H23F3N2O2/c1-14(27)25-21(16-4-2-3-5-17(16)22)8-10-26(11-9-21)13-20(28)15-6-7-18(23)19(24)12-15/h2-7,12,20,28H,8-11,13H2,1H3,(H,25,27)/t20-/m0/s1. The van der Waals surface area contributed by atoms with E-state index in [2.05, 4.69) is 5.32 Å². The third-order valence-electron chi connectivity index (χ3n) is 5.27. The summed E-state index contributed by atoms with van der Waals surface area (Å²) < 4.78 is 40.9. The number of hydrogen-bond donors (Lipinski definition) is 2. The van der Waals surface area contributed by atoms with Gasteiger partial charge in [0.2, 0.25) is 5.91 Å². The van der Waals surface area contributed by atoms with Crippen molar-refractivity contribution in [1.29, 1.82) is 0 Å². The number of hydrogen-bond acceptors (Lipinski definition) is 3. The zero-order valence-corrected chi connectivity index (χ0v) is 15.6. The lowest BCUT2D eigenvalue weighted by atomic mass is 9.80. The van der Waals surface area contributed by atoms with Crippen LogP contribution in [0.1, 0.15) is 37.0 Å². The number of benzene rings is 2. The molecule has 28 heavy (non-hydrogen) atoms. The van der Waals surface area contributed by atoms with Crippen molar-refractivity contribution >= 4 is 5.91 Å². The number of piperidine rings is 1. The Morgan fingerprint density at radius 2 is 1.79 bits per heavy atom. The molecule has 0 unspecified atom stereocenters. The van der Waals surface area contributed by atoms with E-state index in [9.17, 15) is 23.1 Å². The van der Waals surface area contributed by atoms with Gasteiger partial charge >= 0.3 is 0 Å². The number of rotatable bonds is 5. The number of nitrogens with zero attached hydrogens (tertiary/aromatic N) is 1. The topological polar surface area (TPSA) is 52.6 Å². The third kappa shape index (κ3) is 4.36. The summed E-state index contributed by atoms with van der Waals surface area (Å²) in [5.74, 6) is -2.57. The van der Waals surface area contributed by atoms with Crippen LogP contribution in [0.4, 0.5) is 13.2 Å². The first-order valence-electron chi connectivity index (χ1n) is 9.20. The second-order valence-corrected chi connectivity index (χ2v) is 7.23. The highest BCUT2D eigenvalue weighted by Crippen LogP contribution is 2.35. The van der Waals surface area contributed by atoms with Crippen LogP contribution in [0.25, 0.3) is 0 Å². The van der Waals surface area contributed by atoms with Crippen molar-refractivity contribution in [3.63, 3.8) is 0 Å². The van der Waals surface area contributed by atoms with E-state index >= 15 is 0 Å². The number of carbonyl (C=O) groups is 1. The van der Waals surface area contributed by atoms with Crippen LogP contribution in [0.15, 0.2) is 42.5 Å². The van der Waals surface area contributed by atoms with Gasteiger partial charge in [-0.1, -0.05) is 24.3 Å². The van der Waals surface area contributed by atoms with Crippen molar-refractivity contribution in [3.05, 3.63) is 71.0 Å². The van der Waals surface area contributed by atoms with E-state index in [1.165, 1.54) is 19.1 Å². The Morgan fingerprint density at radius 3 is 2.39 bits per heavy atom. The molecule has 1 heterocycles. The fraction of sp³-hybridized carbons (Fsp3) is 0.381. The Bertz CT molecular complexity index is 851. The Morgan fingerprint density at radius 1 is 1.11 bits per heavy atom. The van der Waals surface area contributed by atoms with Gasteiger partial charge in [0.25, 0.3) is 0 Å². The van der Waals surface area contributed by atoms with Crippen molar-refractivity contribution in [1.82, 2.24) is 10.2 Å². The molecule has 2 aromatic carbocycles. The number of nitrogens with one attached hydrogen (secondary N) is 1. The molecule has 0 spiro atoms. The molecule has 2 N–H and O–H groups in total. The number of likely N-dealkylation sites (tertiary alicyclic amines) is 1. The van der Waals surface area contributed by atoms with Crippen molar-refractivity contribution in [2.45, 2.75) is 31.4 Å². The first-order valence-corrected chi connectivity index (χ1v) is 9.20. The number of halogens is 3. The highest BCUT2D eigenvalue weighted by Gasteiger charge is 2.39. The molecule has 4 nitrogen and oxygen atoms in total. The van der Waals surface area contributed by atoms with Gasteiger partial charge in [-0.05, 0) is 36.6 Å². The summed E-state index contributed by atoms with van der Waals surface area (Å²) in [4.78, 5) is 13.7. The van der Waals surface area contributed by atoms with E-state index < -0.39 is 23.3 Å². The largest absolute Gasteiger partial charge is 0.387 e. The lowest BCUT2D eigenvalue weighted by Gasteiger charge is -2.43. The van der Waals surface area contributed by atoms with Crippen molar-refractivity contribution in [2.24, 2.45) is 0 Å². The molecule has 0 aromatic heterocycles. The molecule has 0 saturated carbocycles. The zero-order chi connectivity index (χ0) is 20.3. The van der Waals surface area contributed by atoms with E-state index in [-0.39, 0.29) is 18.3 Å². The maximum absolute atomic E-state index is 14.4. The summed E-state index contributed by atoms with van der Waals surface area (Å²) in [7, 11) is 0. The molecule has 1 atom stereocenters. The number of aliphatic hydroxyl groups is 1. The van der Waals surface area contributed by atoms with Gasteiger partial charge in [-0.2, -0.15) is 0 Å². The Labute approximate surface area is 162 Å². The Kier molecular flexibility index (Phi) is 6.05. The molecule has 3 rings (SSSR count). The molecular weight excluding hydrogens is 369 g/mol. The number of carbonyl (C=O) groups excluding carboxylic acids is 1. The second-order valence-electron chi connectivity index (χ2n) is 7.23. The second kappa shape index (κ2) is 8.32. The molecule has 150 valence electrons. The van der Waals surface area contributed by atoms with Crippen LogP contribution in [-0.2, 0) is 10.3 Å². The maximum Gasteiger partial charge on any atom is 0.217 e. The van der Waals surface area contributed by atoms with Crippen LogP contribution < -0.4 is 5.32 Å². The van der Waals surface area contributed by atoms with Crippen LogP contribution >= 0.6 is 0 Å². The summed E-state index contributed by atoms with van der Waals surface area (Å²) in [6.07, 6.45) is -0.0347. The van der Waals surface area contributed by atoms with Gasteiger partial charge in [0.05, 0.1) is 11.6 Å². The van der Waals surface area contributed by atoms with E-state index in [4.69, 9.17) is 0 Å². The maximum atomic E-state index is 14.4. The van der Waals surface area contributed by atoms with Gasteiger partial charge in [-0.25, -0.2) is 13.2 Å². The van der Waals surface area contributed by atoms with Gasteiger partial charge in [-0.3, -0.25) is 4.79 Å². The average molecular weight is 392 g/mol. The number of amides is 1. The summed E-state index contributed by atoms with van der Waals surface area (Å²) >= 11 is 0. The molecule has 1 fully saturated rings. The molecule has 1 aliphatic heterocycles. The van der Waals surface area contributed by atoms with Crippen LogP contribution in [0.5, 0.6) is 0 Å². The average Bonchev–Trinajstić information content (AvgIpc) is 2.65. The summed E-state index contributed by atoms with van der Waals surface area (Å²) in [5.41, 5.74) is -0.0571. The summed E-state index contributed by atoms with van der Waals surface area (Å²) in [6.45, 7) is 2.66. The Hall–Kier alpha value is -2.38. The van der Waals surface area contributed by atoms with Crippen molar-refractivity contribution < 1.29 is 23.1 Å². The number of β-amino-alcohol motifs (C(OH)–C–C–N with tert-alkyl or cyclic N) is 1. The third-order valence-corrected chi connectivity index (χ3v) is 5.27. The summed E-state index contributed by atoms with van der Waals surface area (Å²) in [5, 5.41) is 13.3. The van der Waals surface area contributed by atoms with Crippen LogP contribution in [-0.4, -0.2) is 35.5 Å². The van der Waals surface area contributed by atoms with E-state index in [1.54, 1.807) is 18.2 Å². The van der Waals surface area contributed by atoms with Gasteiger partial charge in [0, 0.05) is 32.1 Å². The molecule has 1 amide bonds. The van der Waals surface area contributed by atoms with Crippen LogP contribution in [0, 0.1) is 17.5 Å².